The van der Waals surface area contributed by atoms with Gasteiger partial charge in [0, 0.05) is 58.6 Å². The Bertz CT molecular complexity index is 347. The molecule has 1 atom stereocenters. The van der Waals surface area contributed by atoms with E-state index in [4.69, 9.17) is 10.2 Å². The van der Waals surface area contributed by atoms with Gasteiger partial charge in [-0.05, 0) is 26.2 Å². The molecule has 2 rings (SSSR count). The predicted molar refractivity (Wildman–Crippen MR) is 89.6 cm³/mol. The van der Waals surface area contributed by atoms with Crippen molar-refractivity contribution in [2.75, 3.05) is 47.1 Å². The molecule has 0 aromatic carbocycles. The number of rotatable bonds is 7. The van der Waals surface area contributed by atoms with Gasteiger partial charge in [0.15, 0.2) is 0 Å². The van der Waals surface area contributed by atoms with Gasteiger partial charge in [0.05, 0.1) is 19.4 Å². The summed E-state index contributed by atoms with van der Waals surface area (Å²) < 4.78 is 0. The van der Waals surface area contributed by atoms with Gasteiger partial charge in [-0.15, -0.1) is 0 Å². The summed E-state index contributed by atoms with van der Waals surface area (Å²) in [5.41, 5.74) is 0. The van der Waals surface area contributed by atoms with E-state index in [0.29, 0.717) is 6.61 Å². The highest BCUT2D eigenvalue weighted by atomic mass is 16.3. The van der Waals surface area contributed by atoms with Crippen LogP contribution in [-0.4, -0.2) is 83.0 Å². The first-order valence-corrected chi connectivity index (χ1v) is 8.05. The molecule has 2 aliphatic heterocycles. The van der Waals surface area contributed by atoms with E-state index >= 15 is 0 Å². The monoisotopic (exact) mass is 312 g/mol. The molecule has 6 nitrogen and oxygen atoms in total. The number of nitrogens with zero attached hydrogens (tertiary/aromatic N) is 4. The summed E-state index contributed by atoms with van der Waals surface area (Å²) in [4.78, 5) is 8.68. The van der Waals surface area contributed by atoms with Gasteiger partial charge in [-0.2, -0.15) is 0 Å². The Labute approximate surface area is 134 Å². The average Bonchev–Trinajstić information content (AvgIpc) is 3.06. The highest BCUT2D eigenvalue weighted by Gasteiger charge is 2.08. The quantitative estimate of drug-likeness (QED) is 0.680. The Kier molecular flexibility index (Phi) is 8.77. The Morgan fingerprint density at radius 2 is 1.45 bits per heavy atom. The minimum Gasteiger partial charge on any atom is -0.396 e. The molecule has 22 heavy (non-hydrogen) atoms. The van der Waals surface area contributed by atoms with Crippen molar-refractivity contribution in [3.05, 3.63) is 24.8 Å². The molecular weight excluding hydrogens is 280 g/mol. The van der Waals surface area contributed by atoms with E-state index in [1.54, 1.807) is 0 Å². The van der Waals surface area contributed by atoms with Gasteiger partial charge >= 0.3 is 0 Å². The third kappa shape index (κ3) is 8.14. The molecule has 0 spiro atoms. The Hall–Kier alpha value is -1.40. The molecule has 0 amide bonds. The fraction of sp³-hybridized carbons (Fsp3) is 0.750. The maximum Gasteiger partial charge on any atom is 0.0890 e. The zero-order valence-corrected chi connectivity index (χ0v) is 14.2. The van der Waals surface area contributed by atoms with Crippen LogP contribution in [0.2, 0.25) is 0 Å². The van der Waals surface area contributed by atoms with Crippen molar-refractivity contribution in [1.82, 2.24) is 19.6 Å². The zero-order chi connectivity index (χ0) is 16.4. The van der Waals surface area contributed by atoms with Crippen LogP contribution in [0.15, 0.2) is 24.8 Å². The third-order valence-electron chi connectivity index (χ3n) is 3.56. The van der Waals surface area contributed by atoms with Crippen LogP contribution in [0.25, 0.3) is 0 Å². The molecule has 0 fully saturated rings. The van der Waals surface area contributed by atoms with Crippen LogP contribution < -0.4 is 0 Å². The molecule has 0 saturated carbocycles. The highest BCUT2D eigenvalue weighted by Crippen LogP contribution is 2.05. The van der Waals surface area contributed by atoms with E-state index in [9.17, 15) is 0 Å². The van der Waals surface area contributed by atoms with E-state index in [1.165, 1.54) is 0 Å². The normalized spacial score (nSPS) is 18.0. The lowest BCUT2D eigenvalue weighted by molar-refractivity contribution is 0.164. The third-order valence-corrected chi connectivity index (χ3v) is 3.56. The first kappa shape index (κ1) is 18.6. The molecular formula is C16H32N4O2. The first-order chi connectivity index (χ1) is 10.5. The van der Waals surface area contributed by atoms with Crippen molar-refractivity contribution >= 4 is 0 Å². The van der Waals surface area contributed by atoms with E-state index in [0.717, 1.165) is 45.7 Å². The number of unbranched alkanes of at least 4 members (excludes halogenated alkanes) is 1. The largest absolute Gasteiger partial charge is 0.396 e. The van der Waals surface area contributed by atoms with E-state index in [2.05, 4.69) is 45.2 Å². The molecule has 6 heteroatoms. The van der Waals surface area contributed by atoms with E-state index in [-0.39, 0.29) is 6.10 Å². The molecule has 2 N–H and O–H groups in total. The Morgan fingerprint density at radius 1 is 0.909 bits per heavy atom. The topological polar surface area (TPSA) is 53.4 Å². The van der Waals surface area contributed by atoms with Crippen molar-refractivity contribution in [3.8, 4) is 0 Å². The molecule has 0 aromatic heterocycles. The molecule has 2 aliphatic rings. The second kappa shape index (κ2) is 10.3. The Morgan fingerprint density at radius 3 is 1.86 bits per heavy atom. The van der Waals surface area contributed by atoms with Gasteiger partial charge in [0.25, 0.3) is 0 Å². The molecule has 0 radical (unpaired) electrons. The van der Waals surface area contributed by atoms with Gasteiger partial charge in [0.2, 0.25) is 0 Å². The van der Waals surface area contributed by atoms with E-state index < -0.39 is 0 Å². The van der Waals surface area contributed by atoms with Gasteiger partial charge in [-0.3, -0.25) is 0 Å². The van der Waals surface area contributed by atoms with Crippen LogP contribution in [0.1, 0.15) is 26.2 Å². The predicted octanol–water partition coefficient (Wildman–Crippen LogP) is 0.868. The lowest BCUT2D eigenvalue weighted by Crippen LogP contribution is -2.25. The van der Waals surface area contributed by atoms with Crippen molar-refractivity contribution < 1.29 is 10.2 Å². The summed E-state index contributed by atoms with van der Waals surface area (Å²) in [6, 6.07) is 0. The number of hydrogen-bond acceptors (Lipinski definition) is 6. The lowest BCUT2D eigenvalue weighted by Gasteiger charge is -2.18. The summed E-state index contributed by atoms with van der Waals surface area (Å²) in [7, 11) is 4.10. The summed E-state index contributed by atoms with van der Waals surface area (Å²) >= 11 is 0. The van der Waals surface area contributed by atoms with Gasteiger partial charge in [0.1, 0.15) is 0 Å². The number of aliphatic hydroxyl groups excluding tert-OH is 2. The molecule has 1 unspecified atom stereocenters. The molecule has 0 saturated heterocycles. The van der Waals surface area contributed by atoms with Crippen molar-refractivity contribution in [1.29, 1.82) is 0 Å². The van der Waals surface area contributed by atoms with Crippen LogP contribution in [0.3, 0.4) is 0 Å². The van der Waals surface area contributed by atoms with Crippen LogP contribution in [0.5, 0.6) is 0 Å². The molecule has 0 bridgehead atoms. The molecule has 0 aromatic rings. The van der Waals surface area contributed by atoms with Crippen LogP contribution in [-0.2, 0) is 0 Å². The Balaban J connectivity index is 0.000000220. The fourth-order valence-electron chi connectivity index (χ4n) is 2.25. The number of aliphatic hydroxyl groups is 2. The maximum atomic E-state index is 9.01. The minimum absolute atomic E-state index is 0.186. The van der Waals surface area contributed by atoms with Crippen LogP contribution in [0, 0.1) is 0 Å². The summed E-state index contributed by atoms with van der Waals surface area (Å²) in [6.07, 6.45) is 10.9. The number of hydrogen-bond donors (Lipinski definition) is 2. The van der Waals surface area contributed by atoms with Gasteiger partial charge < -0.3 is 29.8 Å². The van der Waals surface area contributed by atoms with Crippen molar-refractivity contribution in [3.63, 3.8) is 0 Å². The molecule has 2 heterocycles. The minimum atomic E-state index is -0.186. The van der Waals surface area contributed by atoms with Crippen LogP contribution >= 0.6 is 0 Å². The van der Waals surface area contributed by atoms with E-state index in [1.807, 2.05) is 20.2 Å². The van der Waals surface area contributed by atoms with Crippen molar-refractivity contribution in [2.24, 2.45) is 0 Å². The first-order valence-electron chi connectivity index (χ1n) is 8.05. The summed E-state index contributed by atoms with van der Waals surface area (Å²) in [6.45, 7) is 6.08. The van der Waals surface area contributed by atoms with Gasteiger partial charge in [-0.1, -0.05) is 0 Å². The molecule has 128 valence electrons. The average molecular weight is 312 g/mol. The summed E-state index contributed by atoms with van der Waals surface area (Å²) in [5.74, 6) is 0. The van der Waals surface area contributed by atoms with Crippen LogP contribution in [0.4, 0.5) is 0 Å². The smallest absolute Gasteiger partial charge is 0.0890 e. The molecule has 0 aliphatic carbocycles. The second-order valence-electron chi connectivity index (χ2n) is 6.09. The lowest BCUT2D eigenvalue weighted by atomic mass is 10.3. The standard InChI is InChI=1S/2C8H16N2O/c1-8(11)3-4-10-6-5-9(2)7-10;1-9-5-6-10(8-9)4-2-3-7-11/h5-6,8,11H,3-4,7H2,1-2H3;5-6,11H,2-4,7-8H2,1H3. The zero-order valence-electron chi connectivity index (χ0n) is 14.2. The van der Waals surface area contributed by atoms with Crippen molar-refractivity contribution in [2.45, 2.75) is 32.3 Å². The fourth-order valence-corrected chi connectivity index (χ4v) is 2.25. The maximum absolute atomic E-state index is 9.01. The SMILES string of the molecule is CC(O)CCN1C=CN(C)C1.CN1C=CN(CCCCO)C1. The van der Waals surface area contributed by atoms with Gasteiger partial charge in [-0.25, -0.2) is 0 Å². The second-order valence-corrected chi connectivity index (χ2v) is 6.09. The summed E-state index contributed by atoms with van der Waals surface area (Å²) in [5, 5.41) is 17.6. The highest BCUT2D eigenvalue weighted by molar-refractivity contribution is 4.89.